The molecule has 0 saturated carbocycles. The number of para-hydroxylation sites is 5. The van der Waals surface area contributed by atoms with E-state index in [-0.39, 0.29) is 114 Å². The third kappa shape index (κ3) is 21.4. The van der Waals surface area contributed by atoms with Crippen LogP contribution in [0.2, 0.25) is 0 Å². The molecule has 13 nitrogen and oxygen atoms in total. The second-order valence-electron chi connectivity index (χ2n) is 34.0. The number of benzene rings is 15. The summed E-state index contributed by atoms with van der Waals surface area (Å²) < 4.78 is 54.4. The van der Waals surface area contributed by atoms with Gasteiger partial charge in [0.15, 0.2) is 0 Å². The molecule has 0 aliphatic carbocycles. The van der Waals surface area contributed by atoms with E-state index in [0.29, 0.717) is 5.82 Å². The zero-order chi connectivity index (χ0) is 92.5. The fourth-order valence-corrected chi connectivity index (χ4v) is 19.9. The minimum atomic E-state index is -0.671. The first kappa shape index (κ1) is 104. The predicted octanol–water partition coefficient (Wildman–Crippen LogP) is 30.8. The smallest absolute Gasteiger partial charge is 0.128 e. The molecule has 0 bridgehead atoms. The Labute approximate surface area is 886 Å². The Morgan fingerprint density at radius 1 is 0.300 bits per heavy atom. The first-order chi connectivity index (χ1) is 65.1. The molecule has 5 radical (unpaired) electrons. The molecule has 0 atom stereocenters. The van der Waals surface area contributed by atoms with Gasteiger partial charge in [-0.05, 0) is 221 Å². The summed E-state index contributed by atoms with van der Waals surface area (Å²) in [6.07, 6.45) is 18.9. The number of aromatic nitrogens is 11. The summed E-state index contributed by atoms with van der Waals surface area (Å²) >= 11 is 1.82. The molecule has 23 aromatic rings. The number of hydrogen-bond acceptors (Lipinski definition) is 8. The van der Waals surface area contributed by atoms with E-state index in [0.717, 1.165) is 136 Å². The van der Waals surface area contributed by atoms with Crippen molar-refractivity contribution in [3.8, 4) is 103 Å². The summed E-state index contributed by atoms with van der Waals surface area (Å²) in [5.41, 5.74) is 30.5. The van der Waals surface area contributed by atoms with E-state index in [4.69, 9.17) is 14.1 Å². The standard InChI is InChI=1S/C29H22N3.C24H19N2O.C24H19N2S.C23H19N2O.C18H15F2N2.CH4.5Ir/c1-20-9-8-10-21(2)28(20)31-18-17-30-29(31)22-15-16-27-25(19-22)24-13-6-7-14-26(24)32(27)23-11-4-3-5-12-23;2*1-15-12-16(2)23(17(3)13-15)26-11-10-25-24(26)18-8-9-22-20(14-18)19-6-4-5-7-21(19)27-22;1-17-15-21(26-20-11-7-4-8-12-20)16-18(2)22(17)25-14-13-24-23(25)19-9-5-3-6-10-19;1-11-8-12(2)17(13(3)9-11)22-7-6-21-18(22)15-5-4-14(19)10-16(15)20;;;;;;/h3-14,16-19H,1-2H3;2*4-7,9-14H,1-3H3;3-9,11-16H,1-2H3;4,6-10H,1-3H3;1H4;;;;;/q5*-1;;;;;;. The second kappa shape index (κ2) is 45.6. The Balaban J connectivity index is 0.000000146. The van der Waals surface area contributed by atoms with Crippen molar-refractivity contribution in [2.75, 3.05) is 0 Å². The summed E-state index contributed by atoms with van der Waals surface area (Å²) in [7, 11) is 0. The minimum Gasteiger partial charge on any atom is -0.500 e. The number of thiophene rings is 1. The average Bonchev–Trinajstić information content (AvgIpc) is 1.59. The summed E-state index contributed by atoms with van der Waals surface area (Å²) in [4.78, 5) is 22.8. The molecule has 0 spiro atoms. The van der Waals surface area contributed by atoms with Gasteiger partial charge < -0.3 is 36.6 Å². The van der Waals surface area contributed by atoms with Crippen LogP contribution in [0.5, 0.6) is 11.5 Å². The number of rotatable bonds is 13. The van der Waals surface area contributed by atoms with Crippen LogP contribution in [0.3, 0.4) is 0 Å². The van der Waals surface area contributed by atoms with Crippen LogP contribution in [0, 0.1) is 132 Å². The van der Waals surface area contributed by atoms with Gasteiger partial charge >= 0.3 is 0 Å². The zero-order valence-electron chi connectivity index (χ0n) is 78.3. The Bertz CT molecular complexity index is 8020. The van der Waals surface area contributed by atoms with E-state index in [1.165, 1.54) is 104 Å². The zero-order valence-corrected chi connectivity index (χ0v) is 91.1. The van der Waals surface area contributed by atoms with Crippen molar-refractivity contribution in [3.05, 3.63) is 449 Å². The summed E-state index contributed by atoms with van der Waals surface area (Å²) in [5.74, 6) is 4.36. The van der Waals surface area contributed by atoms with Crippen LogP contribution in [0.25, 0.3) is 155 Å². The third-order valence-corrected chi connectivity index (χ3v) is 25.3. The fraction of sp³-hybridized carbons (Fsp3) is 0.118. The second-order valence-corrected chi connectivity index (χ2v) is 35.1. The monoisotopic (exact) mass is 2750 g/mol. The molecular formula is C119H98F2Ir5N11O2S-5. The van der Waals surface area contributed by atoms with E-state index in [9.17, 15) is 8.78 Å². The van der Waals surface area contributed by atoms with Crippen LogP contribution < -0.4 is 4.74 Å². The molecule has 15 aromatic carbocycles. The maximum atomic E-state index is 14.1. The van der Waals surface area contributed by atoms with Crippen molar-refractivity contribution < 1.29 is 118 Å². The fourth-order valence-electron chi connectivity index (χ4n) is 18.9. The van der Waals surface area contributed by atoms with Gasteiger partial charge in [0.1, 0.15) is 17.1 Å². The van der Waals surface area contributed by atoms with Crippen molar-refractivity contribution >= 4 is 75.3 Å². The Morgan fingerprint density at radius 2 is 0.714 bits per heavy atom. The van der Waals surface area contributed by atoms with Gasteiger partial charge in [-0.1, -0.05) is 197 Å². The van der Waals surface area contributed by atoms with Crippen LogP contribution in [0.4, 0.5) is 8.78 Å². The Morgan fingerprint density at radius 3 is 1.23 bits per heavy atom. The first-order valence-corrected chi connectivity index (χ1v) is 45.3. The van der Waals surface area contributed by atoms with E-state index < -0.39 is 11.6 Å². The average molecular weight is 2750 g/mol. The van der Waals surface area contributed by atoms with Crippen LogP contribution >= 0.6 is 11.3 Å². The van der Waals surface area contributed by atoms with Gasteiger partial charge in [-0.25, -0.2) is 0 Å². The topological polar surface area (TPSA) is 116 Å². The van der Waals surface area contributed by atoms with Gasteiger partial charge in [-0.3, -0.25) is 33.7 Å². The number of furan rings is 1. The number of nitrogens with zero attached hydrogens (tertiary/aromatic N) is 11. The predicted molar refractivity (Wildman–Crippen MR) is 548 cm³/mol. The normalized spacial score (nSPS) is 10.8. The van der Waals surface area contributed by atoms with Crippen LogP contribution in [0.1, 0.15) is 79.8 Å². The summed E-state index contributed by atoms with van der Waals surface area (Å²) in [6.45, 7) is 27.4. The van der Waals surface area contributed by atoms with Gasteiger partial charge in [0.05, 0.1) is 34.7 Å². The number of imidazole rings is 5. The number of ether oxygens (including phenoxy) is 1. The molecule has 0 amide bonds. The van der Waals surface area contributed by atoms with Gasteiger partial charge in [-0.15, -0.1) is 119 Å². The molecule has 8 heterocycles. The largest absolute Gasteiger partial charge is 0.500 e. The van der Waals surface area contributed by atoms with E-state index >= 15 is 0 Å². The van der Waals surface area contributed by atoms with E-state index in [1.54, 1.807) is 12.4 Å². The molecule has 0 aliphatic rings. The van der Waals surface area contributed by atoms with Gasteiger partial charge in [-0.2, -0.15) is 11.3 Å². The molecule has 23 rings (SSSR count). The first-order valence-electron chi connectivity index (χ1n) is 44.5. The summed E-state index contributed by atoms with van der Waals surface area (Å²) in [6, 6.07) is 108. The third-order valence-electron chi connectivity index (χ3n) is 24.2. The number of aryl methyl sites for hydroxylation is 13. The van der Waals surface area contributed by atoms with Crippen molar-refractivity contribution in [2.45, 2.75) is 97.4 Å². The van der Waals surface area contributed by atoms with Crippen molar-refractivity contribution in [3.63, 3.8) is 0 Å². The van der Waals surface area contributed by atoms with Crippen molar-refractivity contribution in [1.29, 1.82) is 0 Å². The Hall–Kier alpha value is -12.9. The molecule has 21 heteroatoms. The molecule has 711 valence electrons. The van der Waals surface area contributed by atoms with Crippen LogP contribution in [-0.4, -0.2) is 52.3 Å². The SMILES string of the molecule is C.Cc1cc(C)c(-n2ccnc2-c2[c-]cc(F)cc2F)c(C)c1.Cc1cc(C)c(-n2ccnc2-c2[c-]cc3oc4ccccc4c3c2)c(C)c1.Cc1cc(C)c(-n2ccnc2-c2[c-]cc3sc4ccccc4c3c2)c(C)c1.Cc1cc(Oc2ccccc2)cc(C)c1-n1ccnc1-c1[c-]cccc1.Cc1cccc(C)c1-n1ccnc1-c1[c-]cc2c(c1)c1ccccc1n2-c1ccccc1.[Ir].[Ir].[Ir].[Ir].[Ir]. The maximum Gasteiger partial charge on any atom is 0.128 e. The molecular weight excluding hydrogens is 2650 g/mol. The van der Waals surface area contributed by atoms with Gasteiger partial charge in [0.25, 0.3) is 0 Å². The molecule has 0 saturated heterocycles. The quantitative estimate of drug-likeness (QED) is 0.106. The molecule has 8 aromatic heterocycles. The maximum absolute atomic E-state index is 14.1. The number of halogens is 2. The van der Waals surface area contributed by atoms with E-state index in [2.05, 4.69) is 324 Å². The van der Waals surface area contributed by atoms with Crippen LogP contribution in [0.15, 0.2) is 339 Å². The Kier molecular flexibility index (Phi) is 34.0. The number of hydrogen-bond donors (Lipinski definition) is 0. The molecule has 0 aliphatic heterocycles. The summed E-state index contributed by atoms with van der Waals surface area (Å²) in [5, 5.41) is 7.21. The minimum absolute atomic E-state index is 0. The van der Waals surface area contributed by atoms with Gasteiger partial charge in [0, 0.05) is 224 Å². The molecule has 140 heavy (non-hydrogen) atoms. The van der Waals surface area contributed by atoms with Gasteiger partial charge in [0.2, 0.25) is 0 Å². The van der Waals surface area contributed by atoms with E-state index in [1.807, 2.05) is 165 Å². The molecule has 0 fully saturated rings. The van der Waals surface area contributed by atoms with Crippen molar-refractivity contribution in [1.82, 2.24) is 52.3 Å². The van der Waals surface area contributed by atoms with Crippen LogP contribution in [-0.2, 0) is 101 Å². The van der Waals surface area contributed by atoms with Crippen molar-refractivity contribution in [2.24, 2.45) is 0 Å². The molecule has 0 N–H and O–H groups in total. The number of fused-ring (bicyclic) bond motifs is 9. The molecule has 0 unspecified atom stereocenters.